The van der Waals surface area contributed by atoms with Gasteiger partial charge in [0.1, 0.15) is 5.82 Å². The molecule has 0 bridgehead atoms. The van der Waals surface area contributed by atoms with Gasteiger partial charge in [0.25, 0.3) is 0 Å². The number of nitrogens with one attached hydrogen (secondary N) is 1. The van der Waals surface area contributed by atoms with Gasteiger partial charge < -0.3 is 10.2 Å². The number of benzene rings is 1. The van der Waals surface area contributed by atoms with Gasteiger partial charge in [0, 0.05) is 26.4 Å². The van der Waals surface area contributed by atoms with Crippen molar-refractivity contribution in [2.24, 2.45) is 0 Å². The Labute approximate surface area is 143 Å². The van der Waals surface area contributed by atoms with Crippen LogP contribution < -0.4 is 5.32 Å². The average Bonchev–Trinajstić information content (AvgIpc) is 2.59. The molecule has 0 saturated heterocycles. The first kappa shape index (κ1) is 19.6. The highest BCUT2D eigenvalue weighted by atomic mass is 19.1. The molecule has 1 aromatic rings. The van der Waals surface area contributed by atoms with E-state index in [-0.39, 0.29) is 30.2 Å². The first-order valence-corrected chi connectivity index (χ1v) is 7.99. The van der Waals surface area contributed by atoms with E-state index in [4.69, 9.17) is 0 Å². The minimum atomic E-state index is -0.351. The second-order valence-corrected chi connectivity index (χ2v) is 5.53. The molecule has 0 aliphatic rings. The number of hydrogen-bond acceptors (Lipinski definition) is 2. The molecule has 0 saturated carbocycles. The Bertz CT molecular complexity index is 569. The smallest absolute Gasteiger partial charge is 0.223 e. The van der Waals surface area contributed by atoms with E-state index in [9.17, 15) is 14.0 Å². The first-order chi connectivity index (χ1) is 11.5. The molecule has 0 aliphatic carbocycles. The summed E-state index contributed by atoms with van der Waals surface area (Å²) in [6.07, 6.45) is 5.26. The zero-order chi connectivity index (χ0) is 17.9. The van der Waals surface area contributed by atoms with Crippen LogP contribution in [0.25, 0.3) is 0 Å². The summed E-state index contributed by atoms with van der Waals surface area (Å²) in [5.41, 5.74) is 0.773. The molecule has 0 heterocycles. The molecule has 2 amide bonds. The summed E-state index contributed by atoms with van der Waals surface area (Å²) in [5, 5.41) is 2.83. The van der Waals surface area contributed by atoms with Crippen molar-refractivity contribution >= 4 is 11.8 Å². The van der Waals surface area contributed by atoms with E-state index < -0.39 is 0 Å². The fraction of sp³-hybridized carbons (Fsp3) is 0.368. The molecule has 1 atom stereocenters. The number of hydrogen-bond donors (Lipinski definition) is 1. The third-order valence-electron chi connectivity index (χ3n) is 3.75. The molecular formula is C19H25FN2O2. The molecular weight excluding hydrogens is 307 g/mol. The molecule has 4 nitrogen and oxygen atoms in total. The number of allylic oxidation sites excluding steroid dienone is 2. The zero-order valence-electron chi connectivity index (χ0n) is 14.1. The lowest BCUT2D eigenvalue weighted by Gasteiger charge is -2.29. The van der Waals surface area contributed by atoms with Gasteiger partial charge in [-0.3, -0.25) is 9.59 Å². The van der Waals surface area contributed by atoms with E-state index in [1.807, 2.05) is 0 Å². The average molecular weight is 332 g/mol. The number of amides is 2. The Balaban J connectivity index is 2.84. The van der Waals surface area contributed by atoms with Gasteiger partial charge in [-0.25, -0.2) is 4.39 Å². The van der Waals surface area contributed by atoms with E-state index in [2.05, 4.69) is 18.5 Å². The van der Waals surface area contributed by atoms with Crippen molar-refractivity contribution in [3.63, 3.8) is 0 Å². The lowest BCUT2D eigenvalue weighted by atomic mass is 10.0. The summed E-state index contributed by atoms with van der Waals surface area (Å²) in [4.78, 5) is 25.7. The van der Waals surface area contributed by atoms with Crippen molar-refractivity contribution < 1.29 is 14.0 Å². The van der Waals surface area contributed by atoms with Crippen LogP contribution >= 0.6 is 0 Å². The van der Waals surface area contributed by atoms with E-state index in [0.717, 1.165) is 5.56 Å². The van der Waals surface area contributed by atoms with Crippen molar-refractivity contribution in [3.05, 3.63) is 61.0 Å². The predicted octanol–water partition coefficient (Wildman–Crippen LogP) is 3.37. The maximum absolute atomic E-state index is 13.2. The summed E-state index contributed by atoms with van der Waals surface area (Å²) in [5.74, 6) is -0.494. The molecule has 1 rings (SSSR count). The summed E-state index contributed by atoms with van der Waals surface area (Å²) < 4.78 is 13.2. The summed E-state index contributed by atoms with van der Waals surface area (Å²) in [6, 6.07) is 5.62. The molecule has 0 aromatic heterocycles. The molecule has 0 radical (unpaired) electrons. The SMILES string of the molecule is C=CCCC(=O)NCC(c1ccc(F)cc1)N(C)C(=O)CCC=C. The van der Waals surface area contributed by atoms with Crippen LogP contribution in [-0.4, -0.2) is 30.3 Å². The Kier molecular flexibility index (Phi) is 8.47. The van der Waals surface area contributed by atoms with Crippen LogP contribution in [0.1, 0.15) is 37.3 Å². The molecule has 0 aliphatic heterocycles. The van der Waals surface area contributed by atoms with E-state index >= 15 is 0 Å². The number of halogens is 1. The van der Waals surface area contributed by atoms with Gasteiger partial charge in [-0.15, -0.1) is 13.2 Å². The minimum Gasteiger partial charge on any atom is -0.354 e. The van der Waals surface area contributed by atoms with Crippen molar-refractivity contribution in [1.82, 2.24) is 10.2 Å². The van der Waals surface area contributed by atoms with Crippen molar-refractivity contribution in [3.8, 4) is 0 Å². The highest BCUT2D eigenvalue weighted by Gasteiger charge is 2.22. The Morgan fingerprint density at radius 1 is 1.17 bits per heavy atom. The van der Waals surface area contributed by atoms with Crippen LogP contribution in [0.4, 0.5) is 4.39 Å². The summed E-state index contributed by atoms with van der Waals surface area (Å²) in [6.45, 7) is 7.48. The van der Waals surface area contributed by atoms with Gasteiger partial charge in [-0.2, -0.15) is 0 Å². The lowest BCUT2D eigenvalue weighted by molar-refractivity contribution is -0.132. The van der Waals surface area contributed by atoms with Gasteiger partial charge in [0.15, 0.2) is 0 Å². The molecule has 1 aromatic carbocycles. The second-order valence-electron chi connectivity index (χ2n) is 5.53. The normalized spacial score (nSPS) is 11.4. The highest BCUT2D eigenvalue weighted by Crippen LogP contribution is 2.20. The van der Waals surface area contributed by atoms with Crippen LogP contribution in [0, 0.1) is 5.82 Å². The molecule has 1 N–H and O–H groups in total. The first-order valence-electron chi connectivity index (χ1n) is 7.99. The predicted molar refractivity (Wildman–Crippen MR) is 93.8 cm³/mol. The Hall–Kier alpha value is -2.43. The lowest BCUT2D eigenvalue weighted by Crippen LogP contribution is -2.39. The quantitative estimate of drug-likeness (QED) is 0.668. The third-order valence-corrected chi connectivity index (χ3v) is 3.75. The van der Waals surface area contributed by atoms with Gasteiger partial charge >= 0.3 is 0 Å². The van der Waals surface area contributed by atoms with Gasteiger partial charge in [-0.1, -0.05) is 24.3 Å². The zero-order valence-corrected chi connectivity index (χ0v) is 14.1. The Morgan fingerprint density at radius 2 is 1.75 bits per heavy atom. The van der Waals surface area contributed by atoms with Crippen LogP contribution in [0.5, 0.6) is 0 Å². The summed E-state index contributed by atoms with van der Waals surface area (Å²) >= 11 is 0. The number of rotatable bonds is 10. The number of likely N-dealkylation sites (N-methyl/N-ethyl adjacent to an activating group) is 1. The molecule has 130 valence electrons. The van der Waals surface area contributed by atoms with Crippen LogP contribution in [0.2, 0.25) is 0 Å². The van der Waals surface area contributed by atoms with Gasteiger partial charge in [-0.05, 0) is 30.5 Å². The van der Waals surface area contributed by atoms with E-state index in [0.29, 0.717) is 25.7 Å². The second kappa shape index (κ2) is 10.4. The van der Waals surface area contributed by atoms with Crippen LogP contribution in [0.3, 0.4) is 0 Å². The molecule has 0 fully saturated rings. The fourth-order valence-corrected chi connectivity index (χ4v) is 2.27. The van der Waals surface area contributed by atoms with Gasteiger partial charge in [0.2, 0.25) is 11.8 Å². The minimum absolute atomic E-state index is 0.0513. The van der Waals surface area contributed by atoms with Gasteiger partial charge in [0.05, 0.1) is 6.04 Å². The fourth-order valence-electron chi connectivity index (χ4n) is 2.27. The maximum Gasteiger partial charge on any atom is 0.223 e. The largest absolute Gasteiger partial charge is 0.354 e. The molecule has 5 heteroatoms. The van der Waals surface area contributed by atoms with Crippen molar-refractivity contribution in [2.45, 2.75) is 31.7 Å². The summed E-state index contributed by atoms with van der Waals surface area (Å²) in [7, 11) is 1.69. The van der Waals surface area contributed by atoms with Crippen molar-refractivity contribution in [1.29, 1.82) is 0 Å². The number of nitrogens with zero attached hydrogens (tertiary/aromatic N) is 1. The standard InChI is InChI=1S/C19H25FN2O2/c1-4-6-8-18(23)21-14-17(15-10-12-16(20)13-11-15)22(3)19(24)9-7-5-2/h4-5,10-13,17H,1-2,6-9,14H2,3H3,(H,21,23). The maximum atomic E-state index is 13.2. The van der Waals surface area contributed by atoms with Crippen LogP contribution in [-0.2, 0) is 9.59 Å². The topological polar surface area (TPSA) is 49.4 Å². The van der Waals surface area contributed by atoms with Crippen molar-refractivity contribution in [2.75, 3.05) is 13.6 Å². The Morgan fingerprint density at radius 3 is 2.33 bits per heavy atom. The van der Waals surface area contributed by atoms with Crippen LogP contribution in [0.15, 0.2) is 49.6 Å². The highest BCUT2D eigenvalue weighted by molar-refractivity contribution is 5.77. The monoisotopic (exact) mass is 332 g/mol. The number of carbonyl (C=O) groups excluding carboxylic acids is 2. The number of carbonyl (C=O) groups is 2. The van der Waals surface area contributed by atoms with E-state index in [1.165, 1.54) is 12.1 Å². The third kappa shape index (κ3) is 6.36. The molecule has 24 heavy (non-hydrogen) atoms. The molecule has 0 spiro atoms. The molecule has 1 unspecified atom stereocenters. The van der Waals surface area contributed by atoms with E-state index in [1.54, 1.807) is 36.2 Å².